The van der Waals surface area contributed by atoms with E-state index in [9.17, 15) is 0 Å². The monoisotopic (exact) mass is 581 g/mol. The minimum absolute atomic E-state index is 0.812. The molecule has 1 aromatic heterocycles. The number of unbranched alkanes of at least 4 members (excludes halogenated alkanes) is 15. The van der Waals surface area contributed by atoms with Crippen LogP contribution >= 0.6 is 22.6 Å². The smallest absolute Gasteiger partial charge is 0.137 e. The van der Waals surface area contributed by atoms with Crippen LogP contribution in [-0.4, -0.2) is 29.7 Å². The van der Waals surface area contributed by atoms with Crippen LogP contribution in [0, 0.1) is 3.57 Å². The SMILES string of the molecule is CCCCCCCCCCCCCCCCCCOCCCNc1ncnc2ccc(I)cc12. The molecule has 0 fully saturated rings. The molecule has 0 bridgehead atoms. The van der Waals surface area contributed by atoms with Gasteiger partial charge in [0, 0.05) is 28.7 Å². The summed E-state index contributed by atoms with van der Waals surface area (Å²) in [5.41, 5.74) is 0.984. The summed E-state index contributed by atoms with van der Waals surface area (Å²) in [7, 11) is 0. The Balaban J connectivity index is 1.31. The van der Waals surface area contributed by atoms with Gasteiger partial charge in [0.05, 0.1) is 5.52 Å². The van der Waals surface area contributed by atoms with E-state index in [2.05, 4.69) is 56.9 Å². The number of hydrogen-bond donors (Lipinski definition) is 1. The van der Waals surface area contributed by atoms with E-state index < -0.39 is 0 Å². The van der Waals surface area contributed by atoms with Crippen molar-refractivity contribution in [3.8, 4) is 0 Å². The van der Waals surface area contributed by atoms with Crippen molar-refractivity contribution in [2.24, 2.45) is 0 Å². The minimum Gasteiger partial charge on any atom is -0.381 e. The molecule has 1 aromatic carbocycles. The molecule has 0 aliphatic carbocycles. The van der Waals surface area contributed by atoms with Crippen LogP contribution in [0.5, 0.6) is 0 Å². The van der Waals surface area contributed by atoms with E-state index in [1.54, 1.807) is 6.33 Å². The second kappa shape index (κ2) is 20.3. The normalized spacial score (nSPS) is 11.4. The highest BCUT2D eigenvalue weighted by Crippen LogP contribution is 2.21. The molecule has 2 aromatic rings. The highest BCUT2D eigenvalue weighted by Gasteiger charge is 2.03. The summed E-state index contributed by atoms with van der Waals surface area (Å²) < 4.78 is 7.02. The molecule has 0 radical (unpaired) electrons. The zero-order valence-corrected chi connectivity index (χ0v) is 23.8. The van der Waals surface area contributed by atoms with Crippen LogP contribution in [0.1, 0.15) is 116 Å². The van der Waals surface area contributed by atoms with Crippen molar-refractivity contribution in [3.63, 3.8) is 0 Å². The van der Waals surface area contributed by atoms with Gasteiger partial charge in [-0.05, 0) is 53.6 Å². The molecule has 34 heavy (non-hydrogen) atoms. The number of hydrogen-bond acceptors (Lipinski definition) is 4. The highest BCUT2D eigenvalue weighted by molar-refractivity contribution is 14.1. The van der Waals surface area contributed by atoms with Crippen molar-refractivity contribution in [1.82, 2.24) is 9.97 Å². The summed E-state index contributed by atoms with van der Waals surface area (Å²) in [5, 5.41) is 4.53. The van der Waals surface area contributed by atoms with Gasteiger partial charge in [0.1, 0.15) is 12.1 Å². The van der Waals surface area contributed by atoms with Crippen LogP contribution in [0.25, 0.3) is 10.9 Å². The maximum absolute atomic E-state index is 5.82. The molecule has 192 valence electrons. The van der Waals surface area contributed by atoms with Crippen LogP contribution in [0.3, 0.4) is 0 Å². The second-order valence-electron chi connectivity index (χ2n) is 9.58. The molecular formula is C29H48IN3O. The Morgan fingerprint density at radius 2 is 1.26 bits per heavy atom. The lowest BCUT2D eigenvalue weighted by Gasteiger charge is -2.09. The predicted molar refractivity (Wildman–Crippen MR) is 156 cm³/mol. The quantitative estimate of drug-likeness (QED) is 0.111. The fourth-order valence-corrected chi connectivity index (χ4v) is 4.90. The van der Waals surface area contributed by atoms with Crippen molar-refractivity contribution in [3.05, 3.63) is 28.1 Å². The molecule has 4 nitrogen and oxygen atoms in total. The van der Waals surface area contributed by atoms with Gasteiger partial charge in [-0.3, -0.25) is 0 Å². The molecule has 0 atom stereocenters. The zero-order chi connectivity index (χ0) is 24.1. The number of rotatable bonds is 22. The Kier molecular flexibility index (Phi) is 17.5. The van der Waals surface area contributed by atoms with Crippen LogP contribution in [-0.2, 0) is 4.74 Å². The number of nitrogens with zero attached hydrogens (tertiary/aromatic N) is 2. The Bertz CT molecular complexity index is 755. The Hall–Kier alpha value is -0.950. The van der Waals surface area contributed by atoms with Crippen molar-refractivity contribution in [2.45, 2.75) is 116 Å². The summed E-state index contributed by atoms with van der Waals surface area (Å²) >= 11 is 2.33. The second-order valence-corrected chi connectivity index (χ2v) is 10.8. The van der Waals surface area contributed by atoms with Gasteiger partial charge in [-0.1, -0.05) is 103 Å². The first-order chi connectivity index (χ1) is 16.8. The predicted octanol–water partition coefficient (Wildman–Crippen LogP) is 9.31. The van der Waals surface area contributed by atoms with Crippen molar-refractivity contribution in [2.75, 3.05) is 25.1 Å². The van der Waals surface area contributed by atoms with Gasteiger partial charge >= 0.3 is 0 Å². The Morgan fingerprint density at radius 3 is 1.88 bits per heavy atom. The molecule has 1 N–H and O–H groups in total. The molecule has 1 heterocycles. The standard InChI is InChI=1S/C29H48IN3O/c1-2-3-4-5-6-7-8-9-10-11-12-13-14-15-16-17-22-34-23-18-21-31-29-27-24-26(30)19-20-28(27)32-25-33-29/h19-20,24-25H,2-18,21-23H2,1H3,(H,31,32,33). The Morgan fingerprint density at radius 1 is 0.706 bits per heavy atom. The topological polar surface area (TPSA) is 47.0 Å². The number of aromatic nitrogens is 2. The van der Waals surface area contributed by atoms with Gasteiger partial charge in [-0.15, -0.1) is 0 Å². The van der Waals surface area contributed by atoms with Crippen LogP contribution in [0.15, 0.2) is 24.5 Å². The van der Waals surface area contributed by atoms with E-state index in [0.717, 1.165) is 42.9 Å². The molecule has 0 saturated carbocycles. The summed E-state index contributed by atoms with van der Waals surface area (Å²) in [5.74, 6) is 0.918. The first-order valence-electron chi connectivity index (χ1n) is 14.0. The third-order valence-electron chi connectivity index (χ3n) is 6.50. The number of benzene rings is 1. The van der Waals surface area contributed by atoms with Gasteiger partial charge < -0.3 is 10.1 Å². The molecule has 2 rings (SSSR count). The van der Waals surface area contributed by atoms with Gasteiger partial charge in [-0.25, -0.2) is 9.97 Å². The summed E-state index contributed by atoms with van der Waals surface area (Å²) in [6.45, 7) is 4.87. The average Bonchev–Trinajstić information content (AvgIpc) is 2.85. The fraction of sp³-hybridized carbons (Fsp3) is 0.724. The average molecular weight is 582 g/mol. The van der Waals surface area contributed by atoms with E-state index in [1.165, 1.54) is 106 Å². The lowest BCUT2D eigenvalue weighted by Crippen LogP contribution is -2.08. The third kappa shape index (κ3) is 13.8. The fourth-order valence-electron chi connectivity index (χ4n) is 4.41. The van der Waals surface area contributed by atoms with Crippen molar-refractivity contribution in [1.29, 1.82) is 0 Å². The molecular weight excluding hydrogens is 533 g/mol. The van der Waals surface area contributed by atoms with E-state index in [4.69, 9.17) is 4.74 Å². The molecule has 0 spiro atoms. The van der Waals surface area contributed by atoms with E-state index >= 15 is 0 Å². The maximum Gasteiger partial charge on any atom is 0.137 e. The van der Waals surface area contributed by atoms with Crippen LogP contribution in [0.4, 0.5) is 5.82 Å². The molecule has 0 unspecified atom stereocenters. The lowest BCUT2D eigenvalue weighted by atomic mass is 10.0. The van der Waals surface area contributed by atoms with Crippen LogP contribution < -0.4 is 5.32 Å². The molecule has 0 aliphatic rings. The van der Waals surface area contributed by atoms with Gasteiger partial charge in [-0.2, -0.15) is 0 Å². The molecule has 0 saturated heterocycles. The summed E-state index contributed by atoms with van der Waals surface area (Å²) in [6, 6.07) is 6.25. The zero-order valence-electron chi connectivity index (χ0n) is 21.6. The van der Waals surface area contributed by atoms with Gasteiger partial charge in [0.2, 0.25) is 0 Å². The lowest BCUT2D eigenvalue weighted by molar-refractivity contribution is 0.129. The van der Waals surface area contributed by atoms with Crippen molar-refractivity contribution < 1.29 is 4.74 Å². The highest BCUT2D eigenvalue weighted by atomic mass is 127. The van der Waals surface area contributed by atoms with E-state index in [-0.39, 0.29) is 0 Å². The number of ether oxygens (including phenoxy) is 1. The number of anilines is 1. The van der Waals surface area contributed by atoms with Crippen molar-refractivity contribution >= 4 is 39.3 Å². The van der Waals surface area contributed by atoms with E-state index in [0.29, 0.717) is 0 Å². The molecule has 5 heteroatoms. The summed E-state index contributed by atoms with van der Waals surface area (Å²) in [6.07, 6.45) is 25.1. The number of nitrogens with one attached hydrogen (secondary N) is 1. The van der Waals surface area contributed by atoms with E-state index in [1.807, 2.05) is 6.07 Å². The third-order valence-corrected chi connectivity index (χ3v) is 7.17. The van der Waals surface area contributed by atoms with Gasteiger partial charge in [0.25, 0.3) is 0 Å². The summed E-state index contributed by atoms with van der Waals surface area (Å²) in [4.78, 5) is 8.74. The van der Waals surface area contributed by atoms with Gasteiger partial charge in [0.15, 0.2) is 0 Å². The molecule has 0 aliphatic heterocycles. The Labute approximate surface area is 222 Å². The largest absolute Gasteiger partial charge is 0.381 e. The number of fused-ring (bicyclic) bond motifs is 1. The van der Waals surface area contributed by atoms with Crippen LogP contribution in [0.2, 0.25) is 0 Å². The first kappa shape index (κ1) is 29.3. The number of halogens is 1. The maximum atomic E-state index is 5.82. The molecule has 0 amide bonds. The minimum atomic E-state index is 0.812. The first-order valence-corrected chi connectivity index (χ1v) is 15.1.